The molecule has 3 amide bonds. The highest BCUT2D eigenvalue weighted by atomic mass is 16.2. The molecular weight excluding hydrogens is 556 g/mol. The number of nitrogens with zero attached hydrogens (tertiary/aromatic N) is 3. The molecule has 0 aliphatic rings. The summed E-state index contributed by atoms with van der Waals surface area (Å²) in [5, 5.41) is 16.6. The van der Waals surface area contributed by atoms with E-state index in [1.54, 1.807) is 59.9 Å². The van der Waals surface area contributed by atoms with E-state index < -0.39 is 5.91 Å². The summed E-state index contributed by atoms with van der Waals surface area (Å²) in [7, 11) is 3.40. The Morgan fingerprint density at radius 3 is 2.11 bits per heavy atom. The Kier molecular flexibility index (Phi) is 8.66. The van der Waals surface area contributed by atoms with E-state index in [-0.39, 0.29) is 30.6 Å². The molecule has 0 spiro atoms. The minimum atomic E-state index is -0.403. The second kappa shape index (κ2) is 12.9. The number of nitrogens with one attached hydrogen (secondary N) is 4. The quantitative estimate of drug-likeness (QED) is 0.118. The fourth-order valence-corrected chi connectivity index (χ4v) is 4.63. The van der Waals surface area contributed by atoms with Crippen molar-refractivity contribution in [3.05, 3.63) is 113 Å². The van der Waals surface area contributed by atoms with Crippen LogP contribution >= 0.6 is 0 Å². The Morgan fingerprint density at radius 2 is 1.43 bits per heavy atom. The fraction of sp³-hybridized carbons (Fsp3) is 0.121. The fourth-order valence-electron chi connectivity index (χ4n) is 4.63. The number of carbonyl (C=O) groups excluding carboxylic acids is 3. The Bertz CT molecular complexity index is 1900. The van der Waals surface area contributed by atoms with Gasteiger partial charge in [-0.3, -0.25) is 24.8 Å². The molecule has 5 rings (SSSR count). The predicted molar refractivity (Wildman–Crippen MR) is 173 cm³/mol. The third-order valence-corrected chi connectivity index (χ3v) is 6.92. The van der Waals surface area contributed by atoms with Crippen LogP contribution in [0.1, 0.15) is 48.9 Å². The predicted octanol–water partition coefficient (Wildman–Crippen LogP) is 4.64. The van der Waals surface area contributed by atoms with Gasteiger partial charge < -0.3 is 30.8 Å². The van der Waals surface area contributed by atoms with Gasteiger partial charge in [-0.05, 0) is 47.5 Å². The minimum absolute atomic E-state index is 0.0136. The summed E-state index contributed by atoms with van der Waals surface area (Å²) in [5.74, 6) is -1.06. The number of hydrogen-bond donors (Lipinski definition) is 5. The van der Waals surface area contributed by atoms with E-state index >= 15 is 0 Å². The lowest BCUT2D eigenvalue weighted by atomic mass is 10.1. The van der Waals surface area contributed by atoms with Crippen molar-refractivity contribution in [1.82, 2.24) is 19.4 Å². The van der Waals surface area contributed by atoms with Gasteiger partial charge in [0.15, 0.2) is 0 Å². The van der Waals surface area contributed by atoms with Crippen LogP contribution in [0.3, 0.4) is 0 Å². The largest absolute Gasteiger partial charge is 0.388 e. The molecule has 3 aromatic heterocycles. The molecule has 0 radical (unpaired) electrons. The second-order valence-electron chi connectivity index (χ2n) is 10.3. The first-order chi connectivity index (χ1) is 21.2. The Balaban J connectivity index is 1.18. The third-order valence-electron chi connectivity index (χ3n) is 6.92. The number of aryl methyl sites for hydroxylation is 2. The van der Waals surface area contributed by atoms with Crippen LogP contribution in [0.15, 0.2) is 85.3 Å². The van der Waals surface area contributed by atoms with Crippen LogP contribution < -0.4 is 21.7 Å². The molecule has 0 fully saturated rings. The molecule has 6 N–H and O–H groups in total. The molecule has 44 heavy (non-hydrogen) atoms. The van der Waals surface area contributed by atoms with E-state index in [0.717, 1.165) is 22.0 Å². The monoisotopic (exact) mass is 588 g/mol. The van der Waals surface area contributed by atoms with Crippen molar-refractivity contribution in [1.29, 1.82) is 5.41 Å². The first kappa shape index (κ1) is 29.5. The minimum Gasteiger partial charge on any atom is -0.388 e. The molecule has 0 bridgehead atoms. The van der Waals surface area contributed by atoms with Crippen molar-refractivity contribution < 1.29 is 14.4 Å². The molecule has 3 heterocycles. The Morgan fingerprint density at radius 1 is 0.818 bits per heavy atom. The van der Waals surface area contributed by atoms with Crippen molar-refractivity contribution >= 4 is 58.0 Å². The Hall–Kier alpha value is -5.97. The molecule has 0 saturated heterocycles. The summed E-state index contributed by atoms with van der Waals surface area (Å²) in [4.78, 5) is 42.8. The van der Waals surface area contributed by atoms with E-state index in [1.165, 1.54) is 0 Å². The first-order valence-corrected chi connectivity index (χ1v) is 13.9. The standard InChI is InChI=1S/C33H32N8O3/c1-40-20-26(16-28(40)32(43)36-14-13-30(34)35)39-33(44)29-17-25(19-41(29)2)38-31(42)23-11-9-21(10-12-23)7-8-22-15-24-5-3-4-6-27(24)37-18-22/h3-12,15-20H,13-14H2,1-2H3,(H3,34,35)(H,36,43)(H,38,42)(H,39,44)/b8-7+. The molecule has 2 aromatic carbocycles. The highest BCUT2D eigenvalue weighted by Gasteiger charge is 2.17. The summed E-state index contributed by atoms with van der Waals surface area (Å²) in [5.41, 5.74) is 10.2. The maximum Gasteiger partial charge on any atom is 0.272 e. The molecule has 0 aliphatic heterocycles. The zero-order chi connectivity index (χ0) is 31.2. The summed E-state index contributed by atoms with van der Waals surface area (Å²) < 4.78 is 3.20. The molecule has 5 aromatic rings. The van der Waals surface area contributed by atoms with Gasteiger partial charge in [-0.25, -0.2) is 0 Å². The number of amides is 3. The van der Waals surface area contributed by atoms with Crippen LogP contribution in [0.4, 0.5) is 11.4 Å². The van der Waals surface area contributed by atoms with Gasteiger partial charge in [0, 0.05) is 56.6 Å². The zero-order valence-corrected chi connectivity index (χ0v) is 24.3. The maximum absolute atomic E-state index is 13.0. The number of amidine groups is 1. The second-order valence-corrected chi connectivity index (χ2v) is 10.3. The lowest BCUT2D eigenvalue weighted by molar-refractivity contribution is 0.0945. The summed E-state index contributed by atoms with van der Waals surface area (Å²) >= 11 is 0. The SMILES string of the molecule is Cn1cc(NC(=O)c2cc(NC(=O)c3ccc(/C=C/c4cnc5ccccc5c4)cc3)cn2C)cc1C(=O)NCCC(=N)N. The smallest absolute Gasteiger partial charge is 0.272 e. The van der Waals surface area contributed by atoms with Crippen LogP contribution in [-0.2, 0) is 14.1 Å². The molecule has 0 saturated carbocycles. The van der Waals surface area contributed by atoms with Gasteiger partial charge >= 0.3 is 0 Å². The number of carbonyl (C=O) groups is 3. The molecule has 0 unspecified atom stereocenters. The van der Waals surface area contributed by atoms with Gasteiger partial charge in [0.2, 0.25) is 0 Å². The van der Waals surface area contributed by atoms with Crippen molar-refractivity contribution in [3.8, 4) is 0 Å². The number of pyridine rings is 1. The van der Waals surface area contributed by atoms with E-state index in [4.69, 9.17) is 11.1 Å². The number of fused-ring (bicyclic) bond motifs is 1. The van der Waals surface area contributed by atoms with E-state index in [2.05, 4.69) is 27.0 Å². The number of benzene rings is 2. The van der Waals surface area contributed by atoms with Crippen LogP contribution in [0, 0.1) is 5.41 Å². The van der Waals surface area contributed by atoms with Gasteiger partial charge in [-0.15, -0.1) is 0 Å². The molecule has 11 heteroatoms. The normalized spacial score (nSPS) is 11.0. The molecular formula is C33H32N8O3. The molecule has 0 aliphatic carbocycles. The van der Waals surface area contributed by atoms with E-state index in [9.17, 15) is 14.4 Å². The maximum atomic E-state index is 13.0. The summed E-state index contributed by atoms with van der Waals surface area (Å²) in [6, 6.07) is 20.4. The third kappa shape index (κ3) is 7.08. The van der Waals surface area contributed by atoms with Crippen molar-refractivity contribution in [2.45, 2.75) is 6.42 Å². The van der Waals surface area contributed by atoms with Crippen molar-refractivity contribution in [2.24, 2.45) is 19.8 Å². The van der Waals surface area contributed by atoms with E-state index in [0.29, 0.717) is 28.3 Å². The zero-order valence-electron chi connectivity index (χ0n) is 24.3. The van der Waals surface area contributed by atoms with Gasteiger partial charge in [-0.1, -0.05) is 42.5 Å². The molecule has 222 valence electrons. The Labute approximate surface area is 253 Å². The van der Waals surface area contributed by atoms with E-state index in [1.807, 2.05) is 54.7 Å². The summed E-state index contributed by atoms with van der Waals surface area (Å²) in [6.45, 7) is 0.240. The van der Waals surface area contributed by atoms with Crippen LogP contribution in [0.5, 0.6) is 0 Å². The number of rotatable bonds is 10. The van der Waals surface area contributed by atoms with Crippen molar-refractivity contribution in [3.63, 3.8) is 0 Å². The highest BCUT2D eigenvalue weighted by Crippen LogP contribution is 2.19. The average Bonchev–Trinajstić information content (AvgIpc) is 3.56. The molecule has 0 atom stereocenters. The van der Waals surface area contributed by atoms with Gasteiger partial charge in [0.25, 0.3) is 17.7 Å². The number of aromatic nitrogens is 3. The number of anilines is 2. The number of hydrogen-bond acceptors (Lipinski definition) is 5. The lowest BCUT2D eigenvalue weighted by Gasteiger charge is -2.04. The topological polar surface area (TPSA) is 160 Å². The van der Waals surface area contributed by atoms with Crippen LogP contribution in [0.2, 0.25) is 0 Å². The average molecular weight is 589 g/mol. The lowest BCUT2D eigenvalue weighted by Crippen LogP contribution is -2.28. The van der Waals surface area contributed by atoms with Crippen LogP contribution in [-0.4, -0.2) is 44.2 Å². The molecule has 11 nitrogen and oxygen atoms in total. The van der Waals surface area contributed by atoms with Crippen molar-refractivity contribution in [2.75, 3.05) is 17.2 Å². The van der Waals surface area contributed by atoms with Gasteiger partial charge in [0.05, 0.1) is 22.7 Å². The number of para-hydroxylation sites is 1. The highest BCUT2D eigenvalue weighted by molar-refractivity contribution is 6.07. The summed E-state index contributed by atoms with van der Waals surface area (Å²) in [6.07, 6.45) is 9.30. The first-order valence-electron chi connectivity index (χ1n) is 13.9. The van der Waals surface area contributed by atoms with Crippen LogP contribution in [0.25, 0.3) is 23.1 Å². The van der Waals surface area contributed by atoms with Gasteiger partial charge in [0.1, 0.15) is 11.4 Å². The van der Waals surface area contributed by atoms with Gasteiger partial charge in [-0.2, -0.15) is 0 Å². The number of nitrogens with two attached hydrogens (primary N) is 1.